The molecular formula is C14H10F3NO2. The highest BCUT2D eigenvalue weighted by Crippen LogP contribution is 2.33. The fourth-order valence-corrected chi connectivity index (χ4v) is 1.77. The number of carbonyl (C=O) groups excluding carboxylic acids is 1. The molecule has 0 aliphatic rings. The predicted octanol–water partition coefficient (Wildman–Crippen LogP) is 3.59. The number of ether oxygens (including phenoxy) is 1. The summed E-state index contributed by atoms with van der Waals surface area (Å²) in [5, 5.41) is 0. The van der Waals surface area contributed by atoms with Crippen LogP contribution in [0.5, 0.6) is 5.88 Å². The van der Waals surface area contributed by atoms with E-state index in [0.29, 0.717) is 11.8 Å². The molecule has 0 saturated heterocycles. The van der Waals surface area contributed by atoms with E-state index in [1.807, 2.05) is 0 Å². The van der Waals surface area contributed by atoms with Crippen LogP contribution in [0.2, 0.25) is 0 Å². The van der Waals surface area contributed by atoms with Gasteiger partial charge in [-0.25, -0.2) is 4.98 Å². The zero-order valence-corrected chi connectivity index (χ0v) is 10.4. The number of nitrogens with zero attached hydrogens (tertiary/aromatic N) is 1. The first-order valence-corrected chi connectivity index (χ1v) is 5.63. The van der Waals surface area contributed by atoms with E-state index in [2.05, 4.69) is 4.98 Å². The average Bonchev–Trinajstić information content (AvgIpc) is 2.45. The van der Waals surface area contributed by atoms with Crippen molar-refractivity contribution >= 4 is 6.29 Å². The van der Waals surface area contributed by atoms with E-state index < -0.39 is 11.7 Å². The predicted molar refractivity (Wildman–Crippen MR) is 66.6 cm³/mol. The summed E-state index contributed by atoms with van der Waals surface area (Å²) in [6.07, 6.45) is -3.95. The molecule has 0 saturated carbocycles. The number of rotatable bonds is 3. The van der Waals surface area contributed by atoms with Crippen LogP contribution in [-0.4, -0.2) is 18.4 Å². The van der Waals surface area contributed by atoms with Gasteiger partial charge in [-0.15, -0.1) is 0 Å². The van der Waals surface area contributed by atoms with Crippen molar-refractivity contribution in [2.45, 2.75) is 6.18 Å². The van der Waals surface area contributed by atoms with E-state index in [-0.39, 0.29) is 17.1 Å². The monoisotopic (exact) mass is 281 g/mol. The van der Waals surface area contributed by atoms with Gasteiger partial charge in [0.2, 0.25) is 5.88 Å². The molecule has 0 atom stereocenters. The minimum atomic E-state index is -4.43. The van der Waals surface area contributed by atoms with E-state index in [1.165, 1.54) is 31.4 Å². The zero-order valence-electron chi connectivity index (χ0n) is 10.4. The maximum atomic E-state index is 12.7. The van der Waals surface area contributed by atoms with Gasteiger partial charge < -0.3 is 4.74 Å². The lowest BCUT2D eigenvalue weighted by atomic mass is 10.0. The number of halogens is 3. The van der Waals surface area contributed by atoms with Gasteiger partial charge in [-0.3, -0.25) is 4.79 Å². The highest BCUT2D eigenvalue weighted by molar-refractivity contribution is 5.85. The van der Waals surface area contributed by atoms with E-state index in [0.717, 1.165) is 12.1 Å². The Morgan fingerprint density at radius 3 is 2.55 bits per heavy atom. The molecule has 6 heteroatoms. The van der Waals surface area contributed by atoms with Crippen LogP contribution in [0.15, 0.2) is 36.4 Å². The zero-order chi connectivity index (χ0) is 14.8. The van der Waals surface area contributed by atoms with Crippen molar-refractivity contribution in [2.75, 3.05) is 7.11 Å². The maximum Gasteiger partial charge on any atom is 0.416 e. The third kappa shape index (κ3) is 2.79. The maximum absolute atomic E-state index is 12.7. The van der Waals surface area contributed by atoms with Gasteiger partial charge in [0.05, 0.1) is 12.7 Å². The summed E-state index contributed by atoms with van der Waals surface area (Å²) in [5.41, 5.74) is -0.143. The van der Waals surface area contributed by atoms with Crippen molar-refractivity contribution in [1.82, 2.24) is 4.98 Å². The molecule has 104 valence electrons. The molecule has 1 heterocycles. The van der Waals surface area contributed by atoms with Crippen molar-refractivity contribution < 1.29 is 22.7 Å². The Bertz CT molecular complexity index is 639. The SMILES string of the molecule is COc1ccc(-c2cccc(C(F)(F)F)c2)c(C=O)n1. The lowest BCUT2D eigenvalue weighted by Crippen LogP contribution is -2.05. The van der Waals surface area contributed by atoms with Crippen molar-refractivity contribution in [3.63, 3.8) is 0 Å². The number of methoxy groups -OCH3 is 1. The molecule has 2 rings (SSSR count). The van der Waals surface area contributed by atoms with Crippen LogP contribution in [0.1, 0.15) is 16.1 Å². The van der Waals surface area contributed by atoms with E-state index >= 15 is 0 Å². The number of carbonyl (C=O) groups is 1. The standard InChI is InChI=1S/C14H10F3NO2/c1-20-13-6-5-11(12(8-19)18-13)9-3-2-4-10(7-9)14(15,16)17/h2-8H,1H3. The minimum Gasteiger partial charge on any atom is -0.481 e. The van der Waals surface area contributed by atoms with Gasteiger partial charge in [0.25, 0.3) is 0 Å². The van der Waals surface area contributed by atoms with Gasteiger partial charge in [-0.2, -0.15) is 13.2 Å². The normalized spacial score (nSPS) is 11.2. The number of pyridine rings is 1. The Morgan fingerprint density at radius 2 is 1.95 bits per heavy atom. The summed E-state index contributed by atoms with van der Waals surface area (Å²) in [4.78, 5) is 14.9. The largest absolute Gasteiger partial charge is 0.481 e. The molecule has 20 heavy (non-hydrogen) atoms. The first-order valence-electron chi connectivity index (χ1n) is 5.63. The lowest BCUT2D eigenvalue weighted by molar-refractivity contribution is -0.137. The molecule has 2 aromatic rings. The Kier molecular flexibility index (Phi) is 3.74. The fourth-order valence-electron chi connectivity index (χ4n) is 1.77. The van der Waals surface area contributed by atoms with Gasteiger partial charge >= 0.3 is 6.18 Å². The molecule has 0 aliphatic heterocycles. The number of aromatic nitrogens is 1. The Labute approximate surface area is 113 Å². The molecule has 0 aliphatic carbocycles. The van der Waals surface area contributed by atoms with Crippen LogP contribution in [0, 0.1) is 0 Å². The van der Waals surface area contributed by atoms with Crippen LogP contribution >= 0.6 is 0 Å². The highest BCUT2D eigenvalue weighted by Gasteiger charge is 2.30. The van der Waals surface area contributed by atoms with Gasteiger partial charge in [0.1, 0.15) is 5.69 Å². The summed E-state index contributed by atoms with van der Waals surface area (Å²) in [6, 6.07) is 7.73. The van der Waals surface area contributed by atoms with Crippen LogP contribution in [0.3, 0.4) is 0 Å². The van der Waals surface area contributed by atoms with Gasteiger partial charge in [0.15, 0.2) is 6.29 Å². The molecule has 0 bridgehead atoms. The fraction of sp³-hybridized carbons (Fsp3) is 0.143. The smallest absolute Gasteiger partial charge is 0.416 e. The molecule has 1 aromatic heterocycles. The summed E-state index contributed by atoms with van der Waals surface area (Å²) in [5.74, 6) is 0.225. The molecule has 0 spiro atoms. The first kappa shape index (κ1) is 14.0. The van der Waals surface area contributed by atoms with Gasteiger partial charge in [-0.1, -0.05) is 12.1 Å². The number of hydrogen-bond acceptors (Lipinski definition) is 3. The molecule has 0 unspecified atom stereocenters. The van der Waals surface area contributed by atoms with Gasteiger partial charge in [0, 0.05) is 11.6 Å². The quantitative estimate of drug-likeness (QED) is 0.807. The summed E-state index contributed by atoms with van der Waals surface area (Å²) in [7, 11) is 1.39. The second kappa shape index (κ2) is 5.32. The second-order valence-electron chi connectivity index (χ2n) is 3.98. The summed E-state index contributed by atoms with van der Waals surface area (Å²) in [6.45, 7) is 0. The van der Waals surface area contributed by atoms with Crippen LogP contribution in [0.4, 0.5) is 13.2 Å². The lowest BCUT2D eigenvalue weighted by Gasteiger charge is -2.10. The highest BCUT2D eigenvalue weighted by atomic mass is 19.4. The number of hydrogen-bond donors (Lipinski definition) is 0. The molecule has 0 fully saturated rings. The Hall–Kier alpha value is -2.37. The molecule has 1 aromatic carbocycles. The number of benzene rings is 1. The Balaban J connectivity index is 2.54. The Morgan fingerprint density at radius 1 is 1.20 bits per heavy atom. The summed E-state index contributed by atoms with van der Waals surface area (Å²) >= 11 is 0. The molecule has 0 amide bonds. The average molecular weight is 281 g/mol. The van der Waals surface area contributed by atoms with E-state index in [4.69, 9.17) is 4.74 Å². The van der Waals surface area contributed by atoms with Gasteiger partial charge in [-0.05, 0) is 23.8 Å². The van der Waals surface area contributed by atoms with Crippen LogP contribution < -0.4 is 4.74 Å². The van der Waals surface area contributed by atoms with E-state index in [9.17, 15) is 18.0 Å². The molecular weight excluding hydrogens is 271 g/mol. The third-order valence-corrected chi connectivity index (χ3v) is 2.72. The first-order chi connectivity index (χ1) is 9.45. The van der Waals surface area contributed by atoms with Crippen molar-refractivity contribution in [3.05, 3.63) is 47.7 Å². The summed E-state index contributed by atoms with van der Waals surface area (Å²) < 4.78 is 42.9. The molecule has 0 radical (unpaired) electrons. The van der Waals surface area contributed by atoms with Crippen molar-refractivity contribution in [2.24, 2.45) is 0 Å². The van der Waals surface area contributed by atoms with E-state index in [1.54, 1.807) is 0 Å². The van der Waals surface area contributed by atoms with Crippen LogP contribution in [-0.2, 0) is 6.18 Å². The number of aldehydes is 1. The number of alkyl halides is 3. The van der Waals surface area contributed by atoms with Crippen molar-refractivity contribution in [1.29, 1.82) is 0 Å². The second-order valence-corrected chi connectivity index (χ2v) is 3.98. The van der Waals surface area contributed by atoms with Crippen molar-refractivity contribution in [3.8, 4) is 17.0 Å². The minimum absolute atomic E-state index is 0.0312. The molecule has 0 N–H and O–H groups in total. The third-order valence-electron chi connectivity index (χ3n) is 2.72. The molecule has 3 nitrogen and oxygen atoms in total. The topological polar surface area (TPSA) is 39.2 Å². The van der Waals surface area contributed by atoms with Crippen LogP contribution in [0.25, 0.3) is 11.1 Å².